The highest BCUT2D eigenvalue weighted by atomic mass is 16.3. The zero-order chi connectivity index (χ0) is 24.6. The van der Waals surface area contributed by atoms with Crippen LogP contribution in [0.3, 0.4) is 0 Å². The smallest absolute Gasteiger partial charge is 0.203 e. The van der Waals surface area contributed by atoms with E-state index in [-0.39, 0.29) is 5.41 Å². The van der Waals surface area contributed by atoms with Crippen molar-refractivity contribution >= 4 is 28.8 Å². The van der Waals surface area contributed by atoms with Gasteiger partial charge >= 0.3 is 0 Å². The standard InChI is InChI=1S/C31H35N2O/c1-9-22-18-21(16-17-31(2,3)4)10-13-25(22)30-26-14-11-23(32(5)6)19-28(26)34-29-20-24(33(7)8)12-15-27(29)30/h9-20H,1H2,2-8H3/q+1. The maximum atomic E-state index is 6.47. The summed E-state index contributed by atoms with van der Waals surface area (Å²) in [5.74, 6) is 0.872. The molecule has 2 aromatic carbocycles. The van der Waals surface area contributed by atoms with E-state index in [1.807, 2.05) is 34.3 Å². The van der Waals surface area contributed by atoms with E-state index in [2.05, 4.69) is 104 Å². The first-order valence-corrected chi connectivity index (χ1v) is 11.7. The molecule has 2 aliphatic rings. The van der Waals surface area contributed by atoms with Crippen molar-refractivity contribution in [2.75, 3.05) is 33.1 Å². The molecule has 34 heavy (non-hydrogen) atoms. The number of allylic oxidation sites excluding steroid dienone is 1. The Hall–Kier alpha value is -3.59. The third-order valence-electron chi connectivity index (χ3n) is 6.06. The van der Waals surface area contributed by atoms with Crippen molar-refractivity contribution < 1.29 is 4.42 Å². The average Bonchev–Trinajstić information content (AvgIpc) is 2.79. The molecule has 0 spiro atoms. The minimum Gasteiger partial charge on any atom is -0.456 e. The Morgan fingerprint density at radius 3 is 2.29 bits per heavy atom. The zero-order valence-corrected chi connectivity index (χ0v) is 21.4. The first kappa shape index (κ1) is 23.6. The van der Waals surface area contributed by atoms with Gasteiger partial charge in [-0.05, 0) is 46.4 Å². The van der Waals surface area contributed by atoms with Crippen LogP contribution in [-0.2, 0) is 0 Å². The fourth-order valence-electron chi connectivity index (χ4n) is 4.14. The number of rotatable bonds is 4. The molecule has 4 rings (SSSR count). The van der Waals surface area contributed by atoms with E-state index >= 15 is 0 Å². The molecule has 0 atom stereocenters. The molecule has 1 heterocycles. The Morgan fingerprint density at radius 1 is 0.912 bits per heavy atom. The maximum Gasteiger partial charge on any atom is 0.203 e. The van der Waals surface area contributed by atoms with Gasteiger partial charge in [-0.15, -0.1) is 0 Å². The van der Waals surface area contributed by atoms with Crippen LogP contribution in [0.2, 0.25) is 0 Å². The van der Waals surface area contributed by atoms with E-state index in [0.29, 0.717) is 0 Å². The first-order valence-electron chi connectivity index (χ1n) is 11.7. The molecule has 0 saturated heterocycles. The molecule has 0 fully saturated rings. The van der Waals surface area contributed by atoms with Crippen LogP contribution in [0.15, 0.2) is 71.7 Å². The Kier molecular flexibility index (Phi) is 6.22. The van der Waals surface area contributed by atoms with E-state index in [1.54, 1.807) is 0 Å². The summed E-state index contributed by atoms with van der Waals surface area (Å²) in [6.45, 7) is 10.8. The van der Waals surface area contributed by atoms with Crippen molar-refractivity contribution in [1.82, 2.24) is 4.58 Å². The van der Waals surface area contributed by atoms with E-state index in [4.69, 9.17) is 4.42 Å². The lowest BCUT2D eigenvalue weighted by molar-refractivity contribution is 0.547. The fourth-order valence-corrected chi connectivity index (χ4v) is 4.14. The van der Waals surface area contributed by atoms with Gasteiger partial charge in [0.05, 0.1) is 6.07 Å². The number of hydrogen-bond donors (Lipinski definition) is 0. The van der Waals surface area contributed by atoms with Crippen molar-refractivity contribution in [3.63, 3.8) is 0 Å². The van der Waals surface area contributed by atoms with Crippen LogP contribution < -0.4 is 14.8 Å². The lowest BCUT2D eigenvalue weighted by Crippen LogP contribution is -2.21. The molecule has 1 aliphatic carbocycles. The Labute approximate surface area is 203 Å². The Bertz CT molecular complexity index is 1440. The van der Waals surface area contributed by atoms with Crippen molar-refractivity contribution in [2.45, 2.75) is 20.8 Å². The third-order valence-corrected chi connectivity index (χ3v) is 6.06. The van der Waals surface area contributed by atoms with Crippen molar-refractivity contribution in [1.29, 1.82) is 0 Å². The molecule has 0 unspecified atom stereocenters. The second-order valence-electron chi connectivity index (χ2n) is 10.4. The van der Waals surface area contributed by atoms with Gasteiger partial charge in [0.2, 0.25) is 5.36 Å². The van der Waals surface area contributed by atoms with Gasteiger partial charge in [0, 0.05) is 48.4 Å². The van der Waals surface area contributed by atoms with Crippen LogP contribution in [0.4, 0.5) is 5.69 Å². The molecular weight excluding hydrogens is 416 g/mol. The number of nitrogens with zero attached hydrogens (tertiary/aromatic N) is 2. The third kappa shape index (κ3) is 4.70. The lowest BCUT2D eigenvalue weighted by Gasteiger charge is -2.19. The summed E-state index contributed by atoms with van der Waals surface area (Å²) >= 11 is 0. The molecule has 0 bridgehead atoms. The highest BCUT2D eigenvalue weighted by molar-refractivity contribution is 6.04. The molecule has 0 aromatic heterocycles. The van der Waals surface area contributed by atoms with Crippen LogP contribution in [0.5, 0.6) is 0 Å². The van der Waals surface area contributed by atoms with Gasteiger partial charge in [-0.2, -0.15) is 0 Å². The molecule has 0 amide bonds. The molecule has 3 heteroatoms. The fraction of sp³-hybridized carbons (Fsp3) is 0.258. The number of benzene rings is 3. The normalized spacial score (nSPS) is 12.0. The monoisotopic (exact) mass is 451 g/mol. The second-order valence-corrected chi connectivity index (χ2v) is 10.4. The molecule has 3 nitrogen and oxygen atoms in total. The van der Waals surface area contributed by atoms with E-state index in [0.717, 1.165) is 44.5 Å². The summed E-state index contributed by atoms with van der Waals surface area (Å²) in [4.78, 5) is 2.10. The number of fused-ring (bicyclic) bond motifs is 2. The van der Waals surface area contributed by atoms with Gasteiger partial charge in [-0.1, -0.05) is 57.7 Å². The summed E-state index contributed by atoms with van der Waals surface area (Å²) in [7, 11) is 8.19. The quantitative estimate of drug-likeness (QED) is 0.246. The zero-order valence-electron chi connectivity index (χ0n) is 21.4. The molecule has 0 saturated carbocycles. The highest BCUT2D eigenvalue weighted by Crippen LogP contribution is 2.42. The predicted molar refractivity (Wildman–Crippen MR) is 148 cm³/mol. The topological polar surface area (TPSA) is 19.4 Å². The molecule has 0 radical (unpaired) electrons. The molecule has 1 aliphatic heterocycles. The molecule has 174 valence electrons. The van der Waals surface area contributed by atoms with Gasteiger partial charge in [0.1, 0.15) is 25.4 Å². The largest absolute Gasteiger partial charge is 0.456 e. The van der Waals surface area contributed by atoms with Crippen LogP contribution in [0.25, 0.3) is 45.6 Å². The molecule has 0 N–H and O–H groups in total. The van der Waals surface area contributed by atoms with Crippen LogP contribution in [0.1, 0.15) is 31.9 Å². The Balaban J connectivity index is 2.04. The van der Waals surface area contributed by atoms with Gasteiger partial charge < -0.3 is 9.32 Å². The van der Waals surface area contributed by atoms with Gasteiger partial charge in [-0.25, -0.2) is 4.58 Å². The summed E-state index contributed by atoms with van der Waals surface area (Å²) in [6, 6.07) is 19.5. The minimum absolute atomic E-state index is 0.134. The van der Waals surface area contributed by atoms with Crippen molar-refractivity contribution in [3.05, 3.63) is 83.7 Å². The maximum absolute atomic E-state index is 6.47. The summed E-state index contributed by atoms with van der Waals surface area (Å²) in [5, 5.41) is 2.20. The van der Waals surface area contributed by atoms with Gasteiger partial charge in [-0.3, -0.25) is 0 Å². The Morgan fingerprint density at radius 2 is 1.65 bits per heavy atom. The average molecular weight is 452 g/mol. The van der Waals surface area contributed by atoms with Gasteiger partial charge in [0.25, 0.3) is 0 Å². The van der Waals surface area contributed by atoms with E-state index < -0.39 is 0 Å². The minimum atomic E-state index is 0.134. The van der Waals surface area contributed by atoms with E-state index in [1.165, 1.54) is 11.1 Å². The SMILES string of the molecule is C=Cc1cc(C=CC(C)(C)C)ccc1-c1c2ccc(=[N+](C)C)cc-2oc2cc(N(C)C)ccc12. The van der Waals surface area contributed by atoms with Crippen LogP contribution in [-0.4, -0.2) is 28.2 Å². The molecular formula is C31H35N2O+. The van der Waals surface area contributed by atoms with Gasteiger partial charge in [0.15, 0.2) is 0 Å². The highest BCUT2D eigenvalue weighted by Gasteiger charge is 2.20. The number of anilines is 1. The summed E-state index contributed by atoms with van der Waals surface area (Å²) in [5.41, 5.74) is 7.82. The number of hydrogen-bond acceptors (Lipinski definition) is 2. The van der Waals surface area contributed by atoms with Crippen LogP contribution in [0, 0.1) is 5.41 Å². The van der Waals surface area contributed by atoms with Crippen LogP contribution >= 0.6 is 0 Å². The second kappa shape index (κ2) is 8.98. The predicted octanol–water partition coefficient (Wildman–Crippen LogP) is 7.00. The lowest BCUT2D eigenvalue weighted by atomic mass is 9.89. The van der Waals surface area contributed by atoms with Crippen molar-refractivity contribution in [3.8, 4) is 22.5 Å². The summed E-state index contributed by atoms with van der Waals surface area (Å²) in [6.07, 6.45) is 6.39. The van der Waals surface area contributed by atoms with E-state index in [9.17, 15) is 0 Å². The summed E-state index contributed by atoms with van der Waals surface area (Å²) < 4.78 is 8.57. The first-order chi connectivity index (χ1) is 16.1. The molecule has 2 aromatic rings. The van der Waals surface area contributed by atoms with Crippen molar-refractivity contribution in [2.24, 2.45) is 5.41 Å².